The van der Waals surface area contributed by atoms with E-state index in [0.29, 0.717) is 0 Å². The van der Waals surface area contributed by atoms with Gasteiger partial charge in [0.1, 0.15) is 7.79 Å². The number of hydrogen-bond acceptors (Lipinski definition) is 6. The number of nitrogens with zero attached hydrogens (tertiary/aromatic N) is 2. The molecule has 0 spiro atoms. The van der Waals surface area contributed by atoms with E-state index in [4.69, 9.17) is 4.18 Å². The summed E-state index contributed by atoms with van der Waals surface area (Å²) in [5, 5.41) is 0. The first-order chi connectivity index (χ1) is 8.82. The second kappa shape index (κ2) is 5.54. The maximum atomic E-state index is 13.1. The molecule has 0 N–H and O–H groups in total. The lowest BCUT2D eigenvalue weighted by Crippen LogP contribution is -2.37. The van der Waals surface area contributed by atoms with Gasteiger partial charge in [0, 0.05) is 14.1 Å². The van der Waals surface area contributed by atoms with Crippen LogP contribution >= 0.6 is 7.79 Å². The Morgan fingerprint density at radius 3 is 2.11 bits per heavy atom. The van der Waals surface area contributed by atoms with E-state index in [2.05, 4.69) is 0 Å². The zero-order valence-corrected chi connectivity index (χ0v) is 13.5. The van der Waals surface area contributed by atoms with Crippen molar-refractivity contribution in [1.29, 1.82) is 0 Å². The number of hydrogen-bond donors (Lipinski definition) is 0. The quantitative estimate of drug-likeness (QED) is 0.560. The van der Waals surface area contributed by atoms with E-state index >= 15 is 0 Å². The van der Waals surface area contributed by atoms with E-state index in [1.165, 1.54) is 0 Å². The molecule has 1 saturated carbocycles. The Morgan fingerprint density at radius 1 is 1.21 bits per heavy atom. The second-order valence-corrected chi connectivity index (χ2v) is 10.3. The van der Waals surface area contributed by atoms with Crippen LogP contribution in [0.3, 0.4) is 0 Å². The van der Waals surface area contributed by atoms with Gasteiger partial charge in [0.2, 0.25) is 5.49 Å². The molecule has 2 rings (SSSR count). The number of rotatable bonds is 4. The van der Waals surface area contributed by atoms with E-state index in [1.807, 2.05) is 0 Å². The molecule has 1 saturated heterocycles. The van der Waals surface area contributed by atoms with E-state index < -0.39 is 23.4 Å². The van der Waals surface area contributed by atoms with Crippen LogP contribution in [0.15, 0.2) is 0 Å². The van der Waals surface area contributed by atoms with Crippen LogP contribution in [0.1, 0.15) is 32.6 Å². The van der Waals surface area contributed by atoms with Gasteiger partial charge in [-0.15, -0.1) is 0 Å². The van der Waals surface area contributed by atoms with Gasteiger partial charge in [0.05, 0.1) is 18.7 Å². The lowest BCUT2D eigenvalue weighted by atomic mass is 9.91. The lowest BCUT2D eigenvalue weighted by Gasteiger charge is -2.36. The third-order valence-electron chi connectivity index (χ3n) is 4.26. The predicted octanol–water partition coefficient (Wildman–Crippen LogP) is 0.621. The average Bonchev–Trinajstić information content (AvgIpc) is 2.52. The Labute approximate surface area is 116 Å². The van der Waals surface area contributed by atoms with Gasteiger partial charge in [-0.3, -0.25) is 4.18 Å². The summed E-state index contributed by atoms with van der Waals surface area (Å²) >= 11 is 0. The molecule has 112 valence electrons. The van der Waals surface area contributed by atoms with Crippen molar-refractivity contribution >= 4 is 17.9 Å². The van der Waals surface area contributed by atoms with Crippen molar-refractivity contribution in [3.8, 4) is 0 Å². The van der Waals surface area contributed by atoms with Gasteiger partial charge in [0.25, 0.3) is 0 Å². The third kappa shape index (κ3) is 2.82. The first-order valence-corrected chi connectivity index (χ1v) is 10.1. The molecule has 0 unspecified atom stereocenters. The van der Waals surface area contributed by atoms with Crippen molar-refractivity contribution in [3.05, 3.63) is 0 Å². The highest BCUT2D eigenvalue weighted by Crippen LogP contribution is 2.65. The standard InChI is InChI=1S/C11H23N2O4PS/c1-4-17-19(15,16)9-18(14)12(2)10-7-5-6-8-11(10)13(18)3/h10-11H,4-9H2,1-3H3/t10-,11-/m1/s1. The van der Waals surface area contributed by atoms with Crippen LogP contribution in [0.25, 0.3) is 0 Å². The van der Waals surface area contributed by atoms with Crippen LogP contribution in [-0.2, 0) is 14.3 Å². The molecule has 0 aromatic carbocycles. The van der Waals surface area contributed by atoms with E-state index in [1.54, 1.807) is 30.4 Å². The molecular formula is C11H23N2O4PS. The minimum Gasteiger partial charge on any atom is -0.650 e. The lowest BCUT2D eigenvalue weighted by molar-refractivity contribution is -0.188. The van der Waals surface area contributed by atoms with Crippen LogP contribution in [0.5, 0.6) is 0 Å². The fourth-order valence-corrected chi connectivity index (χ4v) is 8.93. The smallest absolute Gasteiger partial charge is 0.305 e. The van der Waals surface area contributed by atoms with E-state index in [9.17, 15) is 13.3 Å². The summed E-state index contributed by atoms with van der Waals surface area (Å²) in [4.78, 5) is 13.1. The Morgan fingerprint density at radius 2 is 1.68 bits per heavy atom. The molecule has 0 aromatic rings. The second-order valence-electron chi connectivity index (χ2n) is 5.32. The number of fused-ring (bicyclic) bond motifs is 1. The monoisotopic (exact) mass is 310 g/mol. The molecular weight excluding hydrogens is 287 g/mol. The van der Waals surface area contributed by atoms with Crippen molar-refractivity contribution in [1.82, 2.24) is 9.34 Å². The summed E-state index contributed by atoms with van der Waals surface area (Å²) < 4.78 is 32.0. The molecule has 8 heteroatoms. The van der Waals surface area contributed by atoms with Crippen molar-refractivity contribution in [3.63, 3.8) is 0 Å². The highest BCUT2D eigenvalue weighted by molar-refractivity contribution is 7.95. The van der Waals surface area contributed by atoms with Gasteiger partial charge in [-0.2, -0.15) is 17.8 Å². The van der Waals surface area contributed by atoms with Gasteiger partial charge in [-0.25, -0.2) is 0 Å². The summed E-state index contributed by atoms with van der Waals surface area (Å²) in [5.74, 6) is 0. The molecule has 0 amide bonds. The van der Waals surface area contributed by atoms with Gasteiger partial charge < -0.3 is 4.89 Å². The van der Waals surface area contributed by atoms with Gasteiger partial charge in [-0.1, -0.05) is 12.8 Å². The topological polar surface area (TPSA) is 72.9 Å². The van der Waals surface area contributed by atoms with Crippen LogP contribution < -0.4 is 4.89 Å². The predicted molar refractivity (Wildman–Crippen MR) is 73.9 cm³/mol. The first kappa shape index (κ1) is 15.6. The largest absolute Gasteiger partial charge is 0.650 e. The van der Waals surface area contributed by atoms with E-state index in [-0.39, 0.29) is 18.7 Å². The van der Waals surface area contributed by atoms with Crippen molar-refractivity contribution in [2.45, 2.75) is 44.7 Å². The van der Waals surface area contributed by atoms with Gasteiger partial charge in [0.15, 0.2) is 0 Å². The zero-order chi connectivity index (χ0) is 14.3. The van der Waals surface area contributed by atoms with Crippen molar-refractivity contribution in [2.75, 3.05) is 26.2 Å². The maximum absolute atomic E-state index is 13.1. The molecule has 1 heterocycles. The SMILES string of the molecule is CCOS(=O)(=O)C[P+]1([O-])N(C)[C@@H]2CCCC[C@H]2N1C. The summed E-state index contributed by atoms with van der Waals surface area (Å²) in [6.07, 6.45) is 4.23. The molecule has 0 bridgehead atoms. The minimum absolute atomic E-state index is 0.0859. The van der Waals surface area contributed by atoms with Crippen LogP contribution in [0, 0.1) is 0 Å². The molecule has 1 aliphatic heterocycles. The fraction of sp³-hybridized carbons (Fsp3) is 1.00. The summed E-state index contributed by atoms with van der Waals surface area (Å²) in [7, 11) is -3.21. The molecule has 0 radical (unpaired) electrons. The Kier molecular flexibility index (Phi) is 4.55. The molecule has 6 nitrogen and oxygen atoms in total. The summed E-state index contributed by atoms with van der Waals surface area (Å²) in [6.45, 7) is 1.71. The Balaban J connectivity index is 2.22. The molecule has 0 aromatic heterocycles. The minimum atomic E-state index is -3.73. The van der Waals surface area contributed by atoms with Crippen molar-refractivity contribution < 1.29 is 17.5 Å². The van der Waals surface area contributed by atoms with Gasteiger partial charge >= 0.3 is 10.1 Å². The Bertz CT molecular complexity index is 412. The van der Waals surface area contributed by atoms with E-state index in [0.717, 1.165) is 25.7 Å². The number of likely N-dealkylation sites (N-methyl/N-ethyl adjacent to an activating group) is 2. The third-order valence-corrected chi connectivity index (χ3v) is 10.0. The van der Waals surface area contributed by atoms with Crippen LogP contribution in [-0.4, -0.2) is 56.0 Å². The highest BCUT2D eigenvalue weighted by Gasteiger charge is 2.57. The normalized spacial score (nSPS) is 32.4. The summed E-state index contributed by atoms with van der Waals surface area (Å²) in [6, 6.07) is 0.419. The highest BCUT2D eigenvalue weighted by atomic mass is 32.2. The maximum Gasteiger partial charge on any atom is 0.305 e. The fourth-order valence-electron chi connectivity index (χ4n) is 3.25. The Hall–Kier alpha value is 0.220. The average molecular weight is 310 g/mol. The zero-order valence-electron chi connectivity index (χ0n) is 11.8. The molecule has 2 atom stereocenters. The van der Waals surface area contributed by atoms with Crippen LogP contribution in [0.4, 0.5) is 0 Å². The molecule has 1 aliphatic carbocycles. The van der Waals surface area contributed by atoms with Crippen molar-refractivity contribution in [2.24, 2.45) is 0 Å². The molecule has 2 fully saturated rings. The molecule has 2 aliphatic rings. The molecule has 19 heavy (non-hydrogen) atoms. The summed E-state index contributed by atoms with van der Waals surface area (Å²) in [5.41, 5.74) is -0.409. The van der Waals surface area contributed by atoms with Crippen LogP contribution in [0.2, 0.25) is 0 Å². The van der Waals surface area contributed by atoms with Gasteiger partial charge in [-0.05, 0) is 19.8 Å². The first-order valence-electron chi connectivity index (χ1n) is 6.74.